The molecular formula is C14H19N5OS. The SMILES string of the molecule is CC.CSc1ncc2c(n1)-c1c(c(C(N)=O)nn1C)CC2. The molecule has 0 atom stereocenters. The van der Waals surface area contributed by atoms with Gasteiger partial charge in [0.25, 0.3) is 5.91 Å². The van der Waals surface area contributed by atoms with Crippen molar-refractivity contribution >= 4 is 17.7 Å². The lowest BCUT2D eigenvalue weighted by atomic mass is 9.93. The molecule has 0 radical (unpaired) electrons. The normalized spacial score (nSPS) is 12.0. The Hall–Kier alpha value is -1.89. The third-order valence-electron chi connectivity index (χ3n) is 3.27. The van der Waals surface area contributed by atoms with Crippen molar-refractivity contribution in [1.29, 1.82) is 0 Å². The Labute approximate surface area is 128 Å². The summed E-state index contributed by atoms with van der Waals surface area (Å²) < 4.78 is 1.69. The van der Waals surface area contributed by atoms with E-state index in [9.17, 15) is 4.79 Å². The smallest absolute Gasteiger partial charge is 0.269 e. The topological polar surface area (TPSA) is 86.7 Å². The molecule has 3 rings (SSSR count). The van der Waals surface area contributed by atoms with Crippen LogP contribution in [-0.2, 0) is 19.9 Å². The van der Waals surface area contributed by atoms with Crippen LogP contribution in [0, 0.1) is 0 Å². The van der Waals surface area contributed by atoms with Crippen LogP contribution in [0.5, 0.6) is 0 Å². The molecule has 2 N–H and O–H groups in total. The molecule has 1 amide bonds. The van der Waals surface area contributed by atoms with Crippen LogP contribution in [-0.4, -0.2) is 31.9 Å². The number of thioether (sulfide) groups is 1. The van der Waals surface area contributed by atoms with Gasteiger partial charge in [-0.1, -0.05) is 25.6 Å². The van der Waals surface area contributed by atoms with Gasteiger partial charge in [0, 0.05) is 18.8 Å². The molecule has 0 fully saturated rings. The van der Waals surface area contributed by atoms with Crippen molar-refractivity contribution in [2.45, 2.75) is 31.8 Å². The second-order valence-corrected chi connectivity index (χ2v) is 5.17. The number of nitrogens with zero attached hydrogens (tertiary/aromatic N) is 4. The van der Waals surface area contributed by atoms with Gasteiger partial charge < -0.3 is 5.73 Å². The second kappa shape index (κ2) is 6.26. The summed E-state index contributed by atoms with van der Waals surface area (Å²) in [6.07, 6.45) is 5.34. The number of aryl methyl sites for hydroxylation is 2. The summed E-state index contributed by atoms with van der Waals surface area (Å²) in [6.45, 7) is 4.00. The van der Waals surface area contributed by atoms with Gasteiger partial charge in [0.15, 0.2) is 10.9 Å². The minimum atomic E-state index is -0.487. The molecule has 0 saturated carbocycles. The Morgan fingerprint density at radius 2 is 2.10 bits per heavy atom. The Balaban J connectivity index is 0.000000774. The largest absolute Gasteiger partial charge is 0.364 e. The van der Waals surface area contributed by atoms with Crippen LogP contribution in [0.15, 0.2) is 11.4 Å². The van der Waals surface area contributed by atoms with E-state index in [1.807, 2.05) is 26.3 Å². The monoisotopic (exact) mass is 305 g/mol. The number of aromatic nitrogens is 4. The van der Waals surface area contributed by atoms with Crippen molar-refractivity contribution < 1.29 is 4.79 Å². The molecular weight excluding hydrogens is 286 g/mol. The quantitative estimate of drug-likeness (QED) is 0.675. The van der Waals surface area contributed by atoms with E-state index in [0.29, 0.717) is 10.9 Å². The first-order valence-corrected chi connectivity index (χ1v) is 8.10. The maximum atomic E-state index is 11.4. The highest BCUT2D eigenvalue weighted by Gasteiger charge is 2.27. The zero-order chi connectivity index (χ0) is 15.6. The molecule has 0 bridgehead atoms. The van der Waals surface area contributed by atoms with Crippen LogP contribution < -0.4 is 5.73 Å². The van der Waals surface area contributed by atoms with E-state index in [4.69, 9.17) is 5.73 Å². The summed E-state index contributed by atoms with van der Waals surface area (Å²) in [5.74, 6) is -0.487. The number of nitrogens with two attached hydrogens (primary N) is 1. The maximum Gasteiger partial charge on any atom is 0.269 e. The lowest BCUT2D eigenvalue weighted by Gasteiger charge is -2.16. The van der Waals surface area contributed by atoms with Crippen LogP contribution in [0.2, 0.25) is 0 Å². The maximum absolute atomic E-state index is 11.4. The zero-order valence-corrected chi connectivity index (χ0v) is 13.5. The van der Waals surface area contributed by atoms with Gasteiger partial charge in [0.1, 0.15) is 0 Å². The molecule has 7 heteroatoms. The lowest BCUT2D eigenvalue weighted by molar-refractivity contribution is 0.0994. The molecule has 2 heterocycles. The molecule has 2 aromatic heterocycles. The van der Waals surface area contributed by atoms with E-state index < -0.39 is 5.91 Å². The minimum absolute atomic E-state index is 0.354. The number of amides is 1. The van der Waals surface area contributed by atoms with Crippen LogP contribution in [0.3, 0.4) is 0 Å². The van der Waals surface area contributed by atoms with Gasteiger partial charge in [0.05, 0.1) is 11.4 Å². The summed E-state index contributed by atoms with van der Waals surface area (Å²) in [4.78, 5) is 20.3. The zero-order valence-electron chi connectivity index (χ0n) is 12.7. The average Bonchev–Trinajstić information content (AvgIpc) is 2.86. The first-order chi connectivity index (χ1) is 10.1. The second-order valence-electron chi connectivity index (χ2n) is 4.39. The van der Waals surface area contributed by atoms with Crippen molar-refractivity contribution in [1.82, 2.24) is 19.7 Å². The molecule has 2 aromatic rings. The van der Waals surface area contributed by atoms with E-state index in [0.717, 1.165) is 35.4 Å². The molecule has 0 aromatic carbocycles. The summed E-state index contributed by atoms with van der Waals surface area (Å²) in [5.41, 5.74) is 9.46. The standard InChI is InChI=1S/C12H13N5OS.C2H6/c1-17-10-7(9(16-17)11(13)18)4-3-6-5-14-12(19-2)15-8(6)10;1-2/h5H,3-4H2,1-2H3,(H2,13,18);1-2H3. The van der Waals surface area contributed by atoms with Crippen LogP contribution in [0.25, 0.3) is 11.4 Å². The van der Waals surface area contributed by atoms with Crippen molar-refractivity contribution in [2.75, 3.05) is 6.26 Å². The predicted octanol–water partition coefficient (Wildman–Crippen LogP) is 1.82. The van der Waals surface area contributed by atoms with Crippen molar-refractivity contribution in [2.24, 2.45) is 12.8 Å². The van der Waals surface area contributed by atoms with E-state index in [-0.39, 0.29) is 0 Å². The Kier molecular flexibility index (Phi) is 4.62. The van der Waals surface area contributed by atoms with Gasteiger partial charge in [-0.05, 0) is 24.7 Å². The molecule has 1 aliphatic carbocycles. The fourth-order valence-electron chi connectivity index (χ4n) is 2.44. The minimum Gasteiger partial charge on any atom is -0.364 e. The van der Waals surface area contributed by atoms with Gasteiger partial charge in [-0.15, -0.1) is 0 Å². The number of hydrogen-bond acceptors (Lipinski definition) is 5. The molecule has 1 aliphatic rings. The summed E-state index contributed by atoms with van der Waals surface area (Å²) in [6, 6.07) is 0. The van der Waals surface area contributed by atoms with Crippen LogP contribution in [0.4, 0.5) is 0 Å². The molecule has 0 spiro atoms. The van der Waals surface area contributed by atoms with Gasteiger partial charge in [-0.2, -0.15) is 5.10 Å². The average molecular weight is 305 g/mol. The molecule has 112 valence electrons. The molecule has 21 heavy (non-hydrogen) atoms. The Bertz CT molecular complexity index is 680. The van der Waals surface area contributed by atoms with Crippen molar-refractivity contribution in [3.05, 3.63) is 23.0 Å². The number of rotatable bonds is 2. The predicted molar refractivity (Wildman–Crippen MR) is 83.3 cm³/mol. The number of primary amides is 1. The van der Waals surface area contributed by atoms with Gasteiger partial charge in [-0.25, -0.2) is 9.97 Å². The highest BCUT2D eigenvalue weighted by Crippen LogP contribution is 2.33. The first-order valence-electron chi connectivity index (χ1n) is 6.87. The number of carbonyl (C=O) groups excluding carboxylic acids is 1. The number of carbonyl (C=O) groups is 1. The molecule has 6 nitrogen and oxygen atoms in total. The van der Waals surface area contributed by atoms with E-state index in [1.165, 1.54) is 11.8 Å². The van der Waals surface area contributed by atoms with Crippen molar-refractivity contribution in [3.8, 4) is 11.4 Å². The summed E-state index contributed by atoms with van der Waals surface area (Å²) in [7, 11) is 1.81. The molecule has 0 aliphatic heterocycles. The molecule has 0 unspecified atom stereocenters. The highest BCUT2D eigenvalue weighted by molar-refractivity contribution is 7.98. The number of hydrogen-bond donors (Lipinski definition) is 1. The highest BCUT2D eigenvalue weighted by atomic mass is 32.2. The van der Waals surface area contributed by atoms with Gasteiger partial charge in [0.2, 0.25) is 0 Å². The van der Waals surface area contributed by atoms with Gasteiger partial charge in [-0.3, -0.25) is 9.48 Å². The molecule has 0 saturated heterocycles. The summed E-state index contributed by atoms with van der Waals surface area (Å²) in [5, 5.41) is 4.94. The third kappa shape index (κ3) is 2.65. The lowest BCUT2D eigenvalue weighted by Crippen LogP contribution is -2.15. The summed E-state index contributed by atoms with van der Waals surface area (Å²) >= 11 is 1.49. The van der Waals surface area contributed by atoms with E-state index in [2.05, 4.69) is 15.1 Å². The van der Waals surface area contributed by atoms with E-state index >= 15 is 0 Å². The Morgan fingerprint density at radius 3 is 2.71 bits per heavy atom. The fraction of sp³-hybridized carbons (Fsp3) is 0.429. The fourth-order valence-corrected chi connectivity index (χ4v) is 2.78. The van der Waals surface area contributed by atoms with Gasteiger partial charge >= 0.3 is 0 Å². The third-order valence-corrected chi connectivity index (χ3v) is 3.83. The Morgan fingerprint density at radius 1 is 1.38 bits per heavy atom. The first kappa shape index (κ1) is 15.5. The van der Waals surface area contributed by atoms with Crippen molar-refractivity contribution in [3.63, 3.8) is 0 Å². The van der Waals surface area contributed by atoms with E-state index in [1.54, 1.807) is 11.7 Å². The number of fused-ring (bicyclic) bond motifs is 3. The van der Waals surface area contributed by atoms with Crippen LogP contribution in [0.1, 0.15) is 35.5 Å². The van der Waals surface area contributed by atoms with Crippen LogP contribution >= 0.6 is 11.8 Å².